The van der Waals surface area contributed by atoms with Gasteiger partial charge in [-0.25, -0.2) is 9.67 Å². The molecule has 39 heavy (non-hydrogen) atoms. The van der Waals surface area contributed by atoms with Gasteiger partial charge in [0, 0.05) is 22.4 Å². The van der Waals surface area contributed by atoms with Crippen molar-refractivity contribution < 1.29 is 22.7 Å². The Hall–Kier alpha value is -3.44. The van der Waals surface area contributed by atoms with Gasteiger partial charge in [-0.15, -0.1) is 0 Å². The van der Waals surface area contributed by atoms with Gasteiger partial charge in [0.05, 0.1) is 23.9 Å². The molecular weight excluding hydrogens is 527 g/mol. The normalized spacial score (nSPS) is 16.1. The third-order valence-corrected chi connectivity index (χ3v) is 8.19. The molecular formula is C28H30F3N5O2S. The van der Waals surface area contributed by atoms with Gasteiger partial charge in [0.1, 0.15) is 5.75 Å². The molecule has 0 radical (unpaired) electrons. The predicted molar refractivity (Wildman–Crippen MR) is 146 cm³/mol. The molecule has 5 rings (SSSR count). The Labute approximate surface area is 228 Å². The molecule has 2 N–H and O–H groups in total. The number of ether oxygens (including phenoxy) is 1. The van der Waals surface area contributed by atoms with Gasteiger partial charge in [-0.2, -0.15) is 18.3 Å². The molecule has 7 nitrogen and oxygen atoms in total. The predicted octanol–water partition coefficient (Wildman–Crippen LogP) is 6.03. The number of thiazole rings is 1. The second kappa shape index (κ2) is 11.0. The second-order valence-corrected chi connectivity index (χ2v) is 11.0. The quantitative estimate of drug-likeness (QED) is 0.290. The third-order valence-electron chi connectivity index (χ3n) is 6.86. The lowest BCUT2D eigenvalue weighted by Gasteiger charge is -2.22. The van der Waals surface area contributed by atoms with Crippen LogP contribution in [0.4, 0.5) is 13.2 Å². The summed E-state index contributed by atoms with van der Waals surface area (Å²) in [5.74, 6) is 0.577. The van der Waals surface area contributed by atoms with Crippen LogP contribution < -0.4 is 15.4 Å². The van der Waals surface area contributed by atoms with Crippen molar-refractivity contribution in [2.45, 2.75) is 38.8 Å². The maximum atomic E-state index is 13.6. The number of alkyl halides is 3. The molecule has 2 aromatic carbocycles. The van der Waals surface area contributed by atoms with Crippen molar-refractivity contribution >= 4 is 28.1 Å². The fourth-order valence-electron chi connectivity index (χ4n) is 4.81. The fraction of sp³-hybridized carbons (Fsp3) is 0.393. The van der Waals surface area contributed by atoms with Crippen LogP contribution in [0.2, 0.25) is 0 Å². The number of amides is 1. The van der Waals surface area contributed by atoms with E-state index in [1.54, 1.807) is 7.11 Å². The van der Waals surface area contributed by atoms with Crippen molar-refractivity contribution in [3.63, 3.8) is 0 Å². The van der Waals surface area contributed by atoms with E-state index in [1.807, 2.05) is 24.3 Å². The van der Waals surface area contributed by atoms with E-state index in [2.05, 4.69) is 29.6 Å². The molecule has 4 aromatic rings. The minimum absolute atomic E-state index is 0.0518. The molecule has 0 spiro atoms. The van der Waals surface area contributed by atoms with Crippen LogP contribution in [0.5, 0.6) is 5.75 Å². The van der Waals surface area contributed by atoms with Crippen molar-refractivity contribution in [2.24, 2.45) is 5.92 Å². The summed E-state index contributed by atoms with van der Waals surface area (Å²) in [7, 11) is 1.59. The highest BCUT2D eigenvalue weighted by Gasteiger charge is 2.32. The monoisotopic (exact) mass is 557 g/mol. The molecule has 1 amide bonds. The first kappa shape index (κ1) is 27.1. The summed E-state index contributed by atoms with van der Waals surface area (Å²) in [6.07, 6.45) is -2.56. The molecule has 0 bridgehead atoms. The van der Waals surface area contributed by atoms with Crippen LogP contribution in [0, 0.1) is 5.92 Å². The van der Waals surface area contributed by atoms with E-state index in [1.165, 1.54) is 22.1 Å². The highest BCUT2D eigenvalue weighted by molar-refractivity contribution is 7.14. The highest BCUT2D eigenvalue weighted by Crippen LogP contribution is 2.38. The number of methoxy groups -OCH3 is 1. The van der Waals surface area contributed by atoms with Gasteiger partial charge in [-0.3, -0.25) is 4.79 Å². The Balaban J connectivity index is 1.59. The largest absolute Gasteiger partial charge is 0.497 e. The molecule has 1 saturated heterocycles. The summed E-state index contributed by atoms with van der Waals surface area (Å²) in [5, 5.41) is 11.3. The molecule has 3 heterocycles. The Morgan fingerprint density at radius 3 is 2.77 bits per heavy atom. The summed E-state index contributed by atoms with van der Waals surface area (Å²) >= 11 is 1.40. The number of aromatic nitrogens is 3. The number of carbonyl (C=O) groups is 1. The van der Waals surface area contributed by atoms with Gasteiger partial charge in [0.15, 0.2) is 5.69 Å². The first-order valence-electron chi connectivity index (χ1n) is 12.9. The zero-order valence-electron chi connectivity index (χ0n) is 21.9. The molecule has 1 aliphatic rings. The standard InChI is InChI=1S/C28H30F3N5O2S/c1-16(2)25-23(18-7-4-8-20(12-18)38-3)34-27(39-25)36-22-10-9-19(28(29,30)31)13-21(22)24(35-36)26(37)33-15-17-6-5-11-32-14-17/h4,7-10,12-13,16-17,32H,5-6,11,14-15H2,1-3H3,(H,33,37). The molecule has 206 valence electrons. The highest BCUT2D eigenvalue weighted by atomic mass is 32.1. The molecule has 1 aliphatic heterocycles. The number of fused-ring (bicyclic) bond motifs is 1. The van der Waals surface area contributed by atoms with Crippen LogP contribution in [0.25, 0.3) is 27.3 Å². The lowest BCUT2D eigenvalue weighted by molar-refractivity contribution is -0.137. The van der Waals surface area contributed by atoms with Crippen molar-refractivity contribution in [1.29, 1.82) is 0 Å². The Morgan fingerprint density at radius 2 is 2.08 bits per heavy atom. The molecule has 1 fully saturated rings. The van der Waals surface area contributed by atoms with E-state index in [4.69, 9.17) is 9.72 Å². The van der Waals surface area contributed by atoms with E-state index in [9.17, 15) is 18.0 Å². The molecule has 1 atom stereocenters. The number of hydrogen-bond acceptors (Lipinski definition) is 6. The van der Waals surface area contributed by atoms with Crippen LogP contribution in [-0.2, 0) is 6.18 Å². The first-order valence-corrected chi connectivity index (χ1v) is 13.7. The van der Waals surface area contributed by atoms with Crippen molar-refractivity contribution in [3.8, 4) is 22.1 Å². The average molecular weight is 558 g/mol. The molecule has 0 aliphatic carbocycles. The number of nitrogens with one attached hydrogen (secondary N) is 2. The van der Waals surface area contributed by atoms with Crippen molar-refractivity contribution in [3.05, 3.63) is 58.6 Å². The van der Waals surface area contributed by atoms with Crippen LogP contribution in [0.1, 0.15) is 53.5 Å². The SMILES string of the molecule is COc1cccc(-c2nc(-n3nc(C(=O)NCC4CCCNC4)c4cc(C(F)(F)F)ccc43)sc2C(C)C)c1. The smallest absolute Gasteiger partial charge is 0.416 e. The fourth-order valence-corrected chi connectivity index (χ4v) is 5.86. The molecule has 0 saturated carbocycles. The van der Waals surface area contributed by atoms with Crippen LogP contribution >= 0.6 is 11.3 Å². The Bertz CT molecular complexity index is 1490. The number of hydrogen-bond donors (Lipinski definition) is 2. The Morgan fingerprint density at radius 1 is 1.26 bits per heavy atom. The van der Waals surface area contributed by atoms with Crippen molar-refractivity contribution in [2.75, 3.05) is 26.7 Å². The number of benzene rings is 2. The minimum atomic E-state index is -4.55. The number of carbonyl (C=O) groups excluding carboxylic acids is 1. The van der Waals surface area contributed by atoms with Gasteiger partial charge < -0.3 is 15.4 Å². The zero-order chi connectivity index (χ0) is 27.7. The van der Waals surface area contributed by atoms with E-state index in [-0.39, 0.29) is 22.9 Å². The van der Waals surface area contributed by atoms with Crippen LogP contribution in [0.3, 0.4) is 0 Å². The third kappa shape index (κ3) is 5.65. The second-order valence-electron chi connectivity index (χ2n) is 10.0. The van der Waals surface area contributed by atoms with E-state index in [0.29, 0.717) is 22.9 Å². The minimum Gasteiger partial charge on any atom is -0.497 e. The van der Waals surface area contributed by atoms with Crippen LogP contribution in [0.15, 0.2) is 42.5 Å². The molecule has 2 aromatic heterocycles. The van der Waals surface area contributed by atoms with E-state index >= 15 is 0 Å². The van der Waals surface area contributed by atoms with Crippen molar-refractivity contribution in [1.82, 2.24) is 25.4 Å². The topological polar surface area (TPSA) is 81.1 Å². The molecule has 11 heteroatoms. The number of nitrogens with zero attached hydrogens (tertiary/aromatic N) is 3. The maximum Gasteiger partial charge on any atom is 0.416 e. The molecule has 1 unspecified atom stereocenters. The van der Waals surface area contributed by atoms with Gasteiger partial charge >= 0.3 is 6.18 Å². The summed E-state index contributed by atoms with van der Waals surface area (Å²) in [6.45, 7) is 6.27. The zero-order valence-corrected chi connectivity index (χ0v) is 22.7. The summed E-state index contributed by atoms with van der Waals surface area (Å²) < 4.78 is 47.7. The lowest BCUT2D eigenvalue weighted by Crippen LogP contribution is -2.38. The van der Waals surface area contributed by atoms with E-state index < -0.39 is 17.6 Å². The average Bonchev–Trinajstić information content (AvgIpc) is 3.54. The van der Waals surface area contributed by atoms with Gasteiger partial charge in [0.2, 0.25) is 5.13 Å². The van der Waals surface area contributed by atoms with Gasteiger partial charge in [-0.05, 0) is 68.1 Å². The maximum absolute atomic E-state index is 13.6. The summed E-state index contributed by atoms with van der Waals surface area (Å²) in [6, 6.07) is 10.9. The Kier molecular flexibility index (Phi) is 7.64. The number of halogens is 3. The van der Waals surface area contributed by atoms with E-state index in [0.717, 1.165) is 54.2 Å². The van der Waals surface area contributed by atoms with Crippen LogP contribution in [-0.4, -0.2) is 47.4 Å². The van der Waals surface area contributed by atoms with Gasteiger partial charge in [0.25, 0.3) is 5.91 Å². The number of rotatable bonds is 7. The number of piperidine rings is 1. The lowest BCUT2D eigenvalue weighted by atomic mass is 10.00. The van der Waals surface area contributed by atoms with Gasteiger partial charge in [-0.1, -0.05) is 37.3 Å². The summed E-state index contributed by atoms with van der Waals surface area (Å²) in [5.41, 5.74) is 1.10. The summed E-state index contributed by atoms with van der Waals surface area (Å²) in [4.78, 5) is 19.1. The first-order chi connectivity index (χ1) is 18.7.